The summed E-state index contributed by atoms with van der Waals surface area (Å²) in [5.74, 6) is 0. The summed E-state index contributed by atoms with van der Waals surface area (Å²) in [4.78, 5) is 5.61. The lowest BCUT2D eigenvalue weighted by molar-refractivity contribution is 0.818. The van der Waals surface area contributed by atoms with Crippen molar-refractivity contribution in [3.05, 3.63) is 52.1 Å². The van der Waals surface area contributed by atoms with Crippen molar-refractivity contribution >= 4 is 22.2 Å². The Kier molecular flexibility index (Phi) is 3.36. The third kappa shape index (κ3) is 2.55. The van der Waals surface area contributed by atoms with E-state index in [1.807, 2.05) is 20.2 Å². The van der Waals surface area contributed by atoms with Crippen molar-refractivity contribution in [3.8, 4) is 0 Å². The summed E-state index contributed by atoms with van der Waals surface area (Å²) in [5, 5.41) is 5.61. The van der Waals surface area contributed by atoms with Crippen molar-refractivity contribution in [2.45, 2.75) is 20.0 Å². The normalized spacial score (nSPS) is 11.3. The van der Waals surface area contributed by atoms with E-state index in [-0.39, 0.29) is 0 Å². The van der Waals surface area contributed by atoms with Crippen LogP contribution in [0.2, 0.25) is 0 Å². The molecular weight excluding hydrogens is 254 g/mol. The average Bonchev–Trinajstić information content (AvgIpc) is 2.97. The number of hydrogen-bond donors (Lipinski definition) is 1. The Morgan fingerprint density at radius 3 is 2.95 bits per heavy atom. The van der Waals surface area contributed by atoms with Gasteiger partial charge in [-0.2, -0.15) is 0 Å². The Morgan fingerprint density at radius 2 is 2.21 bits per heavy atom. The molecule has 0 atom stereocenters. The topological polar surface area (TPSA) is 29.9 Å². The summed E-state index contributed by atoms with van der Waals surface area (Å²) in [5.41, 5.74) is 2.60. The second-order valence-electron chi connectivity index (χ2n) is 4.71. The molecule has 0 saturated heterocycles. The second-order valence-corrected chi connectivity index (χ2v) is 6.03. The molecule has 1 aromatic carbocycles. The average molecular weight is 271 g/mol. The molecule has 0 radical (unpaired) electrons. The van der Waals surface area contributed by atoms with Crippen LogP contribution in [-0.2, 0) is 13.1 Å². The molecule has 0 fully saturated rings. The van der Waals surface area contributed by atoms with Crippen LogP contribution in [0, 0.1) is 6.92 Å². The summed E-state index contributed by atoms with van der Waals surface area (Å²) in [6, 6.07) is 8.83. The summed E-state index contributed by atoms with van der Waals surface area (Å²) in [7, 11) is 1.97. The molecule has 1 N–H and O–H groups in total. The molecule has 19 heavy (non-hydrogen) atoms. The van der Waals surface area contributed by atoms with Gasteiger partial charge in [0.1, 0.15) is 0 Å². The zero-order valence-electron chi connectivity index (χ0n) is 11.2. The first-order valence-corrected chi connectivity index (χ1v) is 7.21. The van der Waals surface area contributed by atoms with Crippen LogP contribution in [0.25, 0.3) is 10.9 Å². The van der Waals surface area contributed by atoms with Gasteiger partial charge in [0.2, 0.25) is 0 Å². The minimum absolute atomic E-state index is 0.903. The lowest BCUT2D eigenvalue weighted by atomic mass is 10.1. The predicted octanol–water partition coefficient (Wildman–Crippen LogP) is 3.17. The van der Waals surface area contributed by atoms with E-state index in [9.17, 15) is 0 Å². The third-order valence-corrected chi connectivity index (χ3v) is 4.11. The van der Waals surface area contributed by atoms with Crippen molar-refractivity contribution in [3.63, 3.8) is 0 Å². The molecule has 3 nitrogen and oxygen atoms in total. The SMILES string of the molecule is CNCc1ccc2c(ccn2Cc2cnc(C)s2)c1. The first-order chi connectivity index (χ1) is 9.26. The minimum Gasteiger partial charge on any atom is -0.342 e. The van der Waals surface area contributed by atoms with Crippen LogP contribution >= 0.6 is 11.3 Å². The molecule has 0 spiro atoms. The zero-order valence-corrected chi connectivity index (χ0v) is 12.0. The van der Waals surface area contributed by atoms with Gasteiger partial charge in [-0.3, -0.25) is 0 Å². The van der Waals surface area contributed by atoms with E-state index in [4.69, 9.17) is 0 Å². The number of aryl methyl sites for hydroxylation is 1. The fourth-order valence-corrected chi connectivity index (χ4v) is 3.14. The summed E-state index contributed by atoms with van der Waals surface area (Å²) < 4.78 is 2.28. The Morgan fingerprint density at radius 1 is 1.32 bits per heavy atom. The fourth-order valence-electron chi connectivity index (χ4n) is 2.35. The highest BCUT2D eigenvalue weighted by molar-refractivity contribution is 7.11. The maximum absolute atomic E-state index is 4.31. The second kappa shape index (κ2) is 5.15. The monoisotopic (exact) mass is 271 g/mol. The molecule has 2 heterocycles. The van der Waals surface area contributed by atoms with Crippen molar-refractivity contribution in [2.75, 3.05) is 7.05 Å². The fraction of sp³-hybridized carbons (Fsp3) is 0.267. The Labute approximate surface area is 116 Å². The van der Waals surface area contributed by atoms with Crippen molar-refractivity contribution in [2.24, 2.45) is 0 Å². The molecule has 4 heteroatoms. The Hall–Kier alpha value is -1.65. The molecular formula is C15H17N3S. The minimum atomic E-state index is 0.903. The van der Waals surface area contributed by atoms with Gasteiger partial charge < -0.3 is 9.88 Å². The third-order valence-electron chi connectivity index (χ3n) is 3.21. The zero-order chi connectivity index (χ0) is 13.2. The number of thiazole rings is 1. The van der Waals surface area contributed by atoms with Gasteiger partial charge in [-0.25, -0.2) is 4.98 Å². The number of rotatable bonds is 4. The van der Waals surface area contributed by atoms with Crippen LogP contribution in [-0.4, -0.2) is 16.6 Å². The van der Waals surface area contributed by atoms with Crippen LogP contribution in [0.1, 0.15) is 15.4 Å². The summed E-state index contributed by atoms with van der Waals surface area (Å²) >= 11 is 1.76. The van der Waals surface area contributed by atoms with Gasteiger partial charge >= 0.3 is 0 Å². The Balaban J connectivity index is 1.92. The highest BCUT2D eigenvalue weighted by Gasteiger charge is 2.04. The molecule has 0 aliphatic rings. The number of benzene rings is 1. The Bertz CT molecular complexity index is 696. The number of hydrogen-bond acceptors (Lipinski definition) is 3. The van der Waals surface area contributed by atoms with Crippen molar-refractivity contribution < 1.29 is 0 Å². The molecule has 3 aromatic rings. The number of nitrogens with zero attached hydrogens (tertiary/aromatic N) is 2. The quantitative estimate of drug-likeness (QED) is 0.790. The first-order valence-electron chi connectivity index (χ1n) is 6.40. The molecule has 2 aromatic heterocycles. The molecule has 3 rings (SSSR count). The maximum Gasteiger partial charge on any atom is 0.0897 e. The van der Waals surface area contributed by atoms with Gasteiger partial charge in [-0.1, -0.05) is 6.07 Å². The van der Waals surface area contributed by atoms with Crippen LogP contribution in [0.3, 0.4) is 0 Å². The van der Waals surface area contributed by atoms with Gasteiger partial charge in [-0.05, 0) is 43.1 Å². The van der Waals surface area contributed by atoms with Gasteiger partial charge in [-0.15, -0.1) is 11.3 Å². The highest BCUT2D eigenvalue weighted by atomic mass is 32.1. The van der Waals surface area contributed by atoms with Gasteiger partial charge in [0.15, 0.2) is 0 Å². The smallest absolute Gasteiger partial charge is 0.0897 e. The van der Waals surface area contributed by atoms with Gasteiger partial charge in [0.25, 0.3) is 0 Å². The van der Waals surface area contributed by atoms with Crippen LogP contribution in [0.5, 0.6) is 0 Å². The first kappa shape index (κ1) is 12.4. The molecule has 0 saturated carbocycles. The van der Waals surface area contributed by atoms with E-state index in [0.29, 0.717) is 0 Å². The standard InChI is InChI=1S/C15H17N3S/c1-11-17-9-14(19-11)10-18-6-5-13-7-12(8-16-2)3-4-15(13)18/h3-7,9,16H,8,10H2,1-2H3. The van der Waals surface area contributed by atoms with Gasteiger partial charge in [0, 0.05) is 29.3 Å². The van der Waals surface area contributed by atoms with E-state index >= 15 is 0 Å². The van der Waals surface area contributed by atoms with Crippen molar-refractivity contribution in [1.82, 2.24) is 14.9 Å². The van der Waals surface area contributed by atoms with E-state index in [0.717, 1.165) is 18.1 Å². The number of aromatic nitrogens is 2. The molecule has 0 amide bonds. The summed E-state index contributed by atoms with van der Waals surface area (Å²) in [6.45, 7) is 3.86. The van der Waals surface area contributed by atoms with Crippen LogP contribution < -0.4 is 5.32 Å². The van der Waals surface area contributed by atoms with E-state index in [1.165, 1.54) is 21.3 Å². The van der Waals surface area contributed by atoms with Crippen LogP contribution in [0.4, 0.5) is 0 Å². The van der Waals surface area contributed by atoms with E-state index in [2.05, 4.69) is 45.3 Å². The lowest BCUT2D eigenvalue weighted by Gasteiger charge is -2.04. The molecule has 98 valence electrons. The molecule has 0 unspecified atom stereocenters. The highest BCUT2D eigenvalue weighted by Crippen LogP contribution is 2.21. The van der Waals surface area contributed by atoms with E-state index < -0.39 is 0 Å². The largest absolute Gasteiger partial charge is 0.342 e. The summed E-state index contributed by atoms with van der Waals surface area (Å²) in [6.07, 6.45) is 4.13. The number of nitrogens with one attached hydrogen (secondary N) is 1. The van der Waals surface area contributed by atoms with E-state index in [1.54, 1.807) is 11.3 Å². The molecule has 0 aliphatic carbocycles. The lowest BCUT2D eigenvalue weighted by Crippen LogP contribution is -2.04. The molecule has 0 bridgehead atoms. The number of fused-ring (bicyclic) bond motifs is 1. The predicted molar refractivity (Wildman–Crippen MR) is 80.7 cm³/mol. The van der Waals surface area contributed by atoms with Crippen LogP contribution in [0.15, 0.2) is 36.7 Å². The molecule has 0 aliphatic heterocycles. The maximum atomic E-state index is 4.31. The van der Waals surface area contributed by atoms with Gasteiger partial charge in [0.05, 0.1) is 11.6 Å². The van der Waals surface area contributed by atoms with Crippen molar-refractivity contribution in [1.29, 1.82) is 0 Å².